The Labute approximate surface area is 121 Å². The van der Waals surface area contributed by atoms with Crippen molar-refractivity contribution in [3.05, 3.63) is 35.9 Å². The third-order valence-corrected chi connectivity index (χ3v) is 3.34. The maximum Gasteiger partial charge on any atom is 0.0797 e. The van der Waals surface area contributed by atoms with Crippen molar-refractivity contribution < 1.29 is 0 Å². The highest BCUT2D eigenvalue weighted by molar-refractivity contribution is 5.11. The first-order valence-electron chi connectivity index (χ1n) is 7.37. The van der Waals surface area contributed by atoms with Crippen molar-refractivity contribution in [3.63, 3.8) is 0 Å². The highest BCUT2D eigenvalue weighted by Crippen LogP contribution is 2.16. The number of hydrogen-bond acceptors (Lipinski definition) is 3. The summed E-state index contributed by atoms with van der Waals surface area (Å²) in [6, 6.07) is 4.81. The van der Waals surface area contributed by atoms with E-state index in [2.05, 4.69) is 54.6 Å². The predicted octanol–water partition coefficient (Wildman–Crippen LogP) is 2.48. The van der Waals surface area contributed by atoms with Crippen LogP contribution in [0.15, 0.2) is 24.5 Å². The molecule has 0 fully saturated rings. The fraction of sp³-hybridized carbons (Fsp3) is 0.600. The summed E-state index contributed by atoms with van der Waals surface area (Å²) in [6.07, 6.45) is 6.03. The van der Waals surface area contributed by atoms with Gasteiger partial charge in [0.1, 0.15) is 0 Å². The van der Waals surface area contributed by atoms with Crippen molar-refractivity contribution in [2.45, 2.75) is 45.7 Å². The lowest BCUT2D eigenvalue weighted by Crippen LogP contribution is -2.25. The first kappa shape index (κ1) is 14.8. The molecule has 2 aromatic heterocycles. The van der Waals surface area contributed by atoms with Gasteiger partial charge >= 0.3 is 0 Å². The van der Waals surface area contributed by atoms with Gasteiger partial charge in [0.05, 0.1) is 17.4 Å². The molecule has 0 amide bonds. The van der Waals surface area contributed by atoms with Crippen molar-refractivity contribution >= 4 is 0 Å². The molecule has 0 aliphatic heterocycles. The van der Waals surface area contributed by atoms with Crippen molar-refractivity contribution in [3.8, 4) is 0 Å². The van der Waals surface area contributed by atoms with E-state index in [4.69, 9.17) is 0 Å². The molecule has 1 atom stereocenters. The van der Waals surface area contributed by atoms with Crippen molar-refractivity contribution in [1.29, 1.82) is 0 Å². The number of aromatic nitrogens is 4. The first-order valence-corrected chi connectivity index (χ1v) is 7.37. The number of hydrogen-bond donors (Lipinski definition) is 1. The molecule has 2 heterocycles. The lowest BCUT2D eigenvalue weighted by Gasteiger charge is -2.15. The normalized spacial score (nSPS) is 13.1. The maximum absolute atomic E-state index is 4.63. The van der Waals surface area contributed by atoms with E-state index in [9.17, 15) is 0 Å². The lowest BCUT2D eigenvalue weighted by molar-refractivity contribution is 0.489. The first-order chi connectivity index (χ1) is 9.60. The molecule has 5 nitrogen and oxygen atoms in total. The summed E-state index contributed by atoms with van der Waals surface area (Å²) in [5, 5.41) is 12.7. The van der Waals surface area contributed by atoms with Gasteiger partial charge in [0, 0.05) is 31.9 Å². The minimum absolute atomic E-state index is 0.228. The molecule has 0 saturated heterocycles. The zero-order valence-electron chi connectivity index (χ0n) is 12.9. The monoisotopic (exact) mass is 275 g/mol. The quantitative estimate of drug-likeness (QED) is 0.844. The van der Waals surface area contributed by atoms with Gasteiger partial charge in [-0.3, -0.25) is 9.36 Å². The molecule has 110 valence electrons. The molecule has 2 rings (SSSR count). The van der Waals surface area contributed by atoms with Crippen LogP contribution in [0, 0.1) is 0 Å². The Hall–Kier alpha value is -1.62. The second kappa shape index (κ2) is 6.70. The van der Waals surface area contributed by atoms with Gasteiger partial charge in [-0.2, -0.15) is 10.2 Å². The summed E-state index contributed by atoms with van der Waals surface area (Å²) in [5.41, 5.74) is 2.19. The van der Waals surface area contributed by atoms with Crippen molar-refractivity contribution in [1.82, 2.24) is 24.9 Å². The summed E-state index contributed by atoms with van der Waals surface area (Å²) in [5.74, 6) is 0. The number of nitrogens with one attached hydrogen (secondary N) is 1. The summed E-state index contributed by atoms with van der Waals surface area (Å²) < 4.78 is 3.85. The minimum Gasteiger partial charge on any atom is -0.308 e. The van der Waals surface area contributed by atoms with Crippen LogP contribution in [-0.2, 0) is 13.5 Å². The van der Waals surface area contributed by atoms with E-state index in [1.165, 1.54) is 0 Å². The second-order valence-corrected chi connectivity index (χ2v) is 5.51. The third-order valence-electron chi connectivity index (χ3n) is 3.34. The molecule has 1 unspecified atom stereocenters. The van der Waals surface area contributed by atoms with Gasteiger partial charge in [0.2, 0.25) is 0 Å². The Balaban J connectivity index is 2.10. The number of rotatable bonds is 7. The molecule has 0 spiro atoms. The standard InChI is InChI=1S/C15H25N5/c1-5-8-16-15(14-7-9-19(4)18-14)11-13-6-10-20(17-13)12(2)3/h6-7,9-10,12,15-16H,5,8,11H2,1-4H3. The average molecular weight is 275 g/mol. The van der Waals surface area contributed by atoms with Gasteiger partial charge in [-0.05, 0) is 38.9 Å². The van der Waals surface area contributed by atoms with E-state index >= 15 is 0 Å². The second-order valence-electron chi connectivity index (χ2n) is 5.51. The number of aryl methyl sites for hydroxylation is 1. The Morgan fingerprint density at radius 1 is 1.20 bits per heavy atom. The molecule has 0 aliphatic carbocycles. The fourth-order valence-corrected chi connectivity index (χ4v) is 2.20. The highest BCUT2D eigenvalue weighted by atomic mass is 15.3. The molecular formula is C15H25N5. The maximum atomic E-state index is 4.63. The molecule has 1 N–H and O–H groups in total. The molecule has 0 radical (unpaired) electrons. The molecule has 20 heavy (non-hydrogen) atoms. The Bertz CT molecular complexity index is 526. The molecule has 0 saturated carbocycles. The molecule has 0 aliphatic rings. The van der Waals surface area contributed by atoms with Gasteiger partial charge < -0.3 is 5.32 Å². The fourth-order valence-electron chi connectivity index (χ4n) is 2.20. The van der Waals surface area contributed by atoms with Gasteiger partial charge in [0.15, 0.2) is 0 Å². The van der Waals surface area contributed by atoms with Crippen LogP contribution < -0.4 is 5.32 Å². The van der Waals surface area contributed by atoms with Crippen LogP contribution in [0.5, 0.6) is 0 Å². The van der Waals surface area contributed by atoms with E-state index in [0.29, 0.717) is 6.04 Å². The summed E-state index contributed by atoms with van der Waals surface area (Å²) in [6.45, 7) is 7.45. The van der Waals surface area contributed by atoms with Crippen LogP contribution in [0.2, 0.25) is 0 Å². The van der Waals surface area contributed by atoms with Crippen LogP contribution in [-0.4, -0.2) is 26.1 Å². The van der Waals surface area contributed by atoms with Gasteiger partial charge in [-0.15, -0.1) is 0 Å². The van der Waals surface area contributed by atoms with Crippen LogP contribution >= 0.6 is 0 Å². The summed E-state index contributed by atoms with van der Waals surface area (Å²) in [4.78, 5) is 0. The average Bonchev–Trinajstić information content (AvgIpc) is 3.03. The SMILES string of the molecule is CCCNC(Cc1ccn(C(C)C)n1)c1ccn(C)n1. The Kier molecular flexibility index (Phi) is 4.95. The number of nitrogens with zero attached hydrogens (tertiary/aromatic N) is 4. The summed E-state index contributed by atoms with van der Waals surface area (Å²) in [7, 11) is 1.95. The van der Waals surface area contributed by atoms with E-state index in [1.54, 1.807) is 0 Å². The van der Waals surface area contributed by atoms with Gasteiger partial charge in [-0.25, -0.2) is 0 Å². The van der Waals surface area contributed by atoms with E-state index < -0.39 is 0 Å². The molecule has 5 heteroatoms. The predicted molar refractivity (Wildman–Crippen MR) is 80.6 cm³/mol. The Morgan fingerprint density at radius 2 is 2.00 bits per heavy atom. The van der Waals surface area contributed by atoms with Gasteiger partial charge in [-0.1, -0.05) is 6.92 Å². The van der Waals surface area contributed by atoms with Crippen LogP contribution in [0.1, 0.15) is 50.7 Å². The van der Waals surface area contributed by atoms with Crippen LogP contribution in [0.4, 0.5) is 0 Å². The largest absolute Gasteiger partial charge is 0.308 e. The Morgan fingerprint density at radius 3 is 2.55 bits per heavy atom. The smallest absolute Gasteiger partial charge is 0.0797 e. The van der Waals surface area contributed by atoms with E-state index in [0.717, 1.165) is 30.8 Å². The van der Waals surface area contributed by atoms with E-state index in [-0.39, 0.29) is 6.04 Å². The van der Waals surface area contributed by atoms with Crippen LogP contribution in [0.3, 0.4) is 0 Å². The van der Waals surface area contributed by atoms with Crippen LogP contribution in [0.25, 0.3) is 0 Å². The van der Waals surface area contributed by atoms with Crippen molar-refractivity contribution in [2.24, 2.45) is 7.05 Å². The third kappa shape index (κ3) is 3.70. The minimum atomic E-state index is 0.228. The topological polar surface area (TPSA) is 47.7 Å². The molecular weight excluding hydrogens is 250 g/mol. The summed E-state index contributed by atoms with van der Waals surface area (Å²) >= 11 is 0. The van der Waals surface area contributed by atoms with E-state index in [1.807, 2.05) is 22.6 Å². The van der Waals surface area contributed by atoms with Crippen molar-refractivity contribution in [2.75, 3.05) is 6.54 Å². The lowest BCUT2D eigenvalue weighted by atomic mass is 10.1. The highest BCUT2D eigenvalue weighted by Gasteiger charge is 2.16. The molecule has 2 aromatic rings. The zero-order valence-corrected chi connectivity index (χ0v) is 12.9. The molecule has 0 bridgehead atoms. The van der Waals surface area contributed by atoms with Gasteiger partial charge in [0.25, 0.3) is 0 Å². The zero-order chi connectivity index (χ0) is 14.5. The molecule has 0 aromatic carbocycles.